The second-order valence-corrected chi connectivity index (χ2v) is 6.76. The van der Waals surface area contributed by atoms with Gasteiger partial charge in [0.05, 0.1) is 12.1 Å². The fourth-order valence-corrected chi connectivity index (χ4v) is 3.01. The third-order valence-electron chi connectivity index (χ3n) is 2.87. The lowest BCUT2D eigenvalue weighted by Gasteiger charge is -2.43. The predicted molar refractivity (Wildman–Crippen MR) is 77.2 cm³/mol. The summed E-state index contributed by atoms with van der Waals surface area (Å²) in [6.45, 7) is 2.26. The Labute approximate surface area is 139 Å². The van der Waals surface area contributed by atoms with Crippen molar-refractivity contribution in [1.29, 1.82) is 0 Å². The molecule has 0 radical (unpaired) electrons. The summed E-state index contributed by atoms with van der Waals surface area (Å²) in [4.78, 5) is 22.7. The zero-order valence-electron chi connectivity index (χ0n) is 13.1. The normalized spacial score (nSPS) is 31.4. The van der Waals surface area contributed by atoms with Crippen LogP contribution < -0.4 is 0 Å². The summed E-state index contributed by atoms with van der Waals surface area (Å²) >= 11 is 5.79. The molecular formula is C12H19ClO9S. The largest absolute Gasteiger partial charge is 0.456 e. The second-order valence-electron chi connectivity index (χ2n) is 4.85. The molecule has 1 heterocycles. The number of carbonyl (C=O) groups is 2. The van der Waals surface area contributed by atoms with Crippen LogP contribution in [0.2, 0.25) is 0 Å². The lowest BCUT2D eigenvalue weighted by molar-refractivity contribution is -0.284. The van der Waals surface area contributed by atoms with Crippen LogP contribution in [0.15, 0.2) is 0 Å². The number of halogens is 1. The Hall–Kier alpha value is -0.940. The average Bonchev–Trinajstić information content (AvgIpc) is 2.40. The molecule has 0 bridgehead atoms. The van der Waals surface area contributed by atoms with Crippen molar-refractivity contribution in [1.82, 2.24) is 0 Å². The SMILES string of the molecule is CO[C@H]1O[C@H](CCl)[C@@H](OC(C)=O)[C@H](OC(C)=O)[C@H]1OS(C)(=O)=O. The Bertz CT molecular complexity index is 535. The van der Waals surface area contributed by atoms with Crippen LogP contribution in [-0.4, -0.2) is 70.3 Å². The van der Waals surface area contributed by atoms with E-state index in [4.69, 9.17) is 34.7 Å². The van der Waals surface area contributed by atoms with E-state index in [1.165, 1.54) is 7.11 Å². The lowest BCUT2D eigenvalue weighted by atomic mass is 9.99. The molecule has 5 atom stereocenters. The summed E-state index contributed by atoms with van der Waals surface area (Å²) in [5.74, 6) is -1.51. The van der Waals surface area contributed by atoms with Crippen LogP contribution in [0.25, 0.3) is 0 Å². The molecule has 1 aliphatic heterocycles. The van der Waals surface area contributed by atoms with Gasteiger partial charge in [-0.1, -0.05) is 0 Å². The maximum absolute atomic E-state index is 11.5. The second kappa shape index (κ2) is 8.25. The molecule has 0 unspecified atom stereocenters. The Kier molecular flexibility index (Phi) is 7.21. The molecule has 0 saturated carbocycles. The van der Waals surface area contributed by atoms with E-state index in [1.807, 2.05) is 0 Å². The smallest absolute Gasteiger partial charge is 0.303 e. The fraction of sp³-hybridized carbons (Fsp3) is 0.833. The Balaban J connectivity index is 3.23. The predicted octanol–water partition coefficient (Wildman–Crippen LogP) is -0.195. The van der Waals surface area contributed by atoms with Gasteiger partial charge in [-0.3, -0.25) is 13.8 Å². The number of esters is 2. The van der Waals surface area contributed by atoms with E-state index in [1.54, 1.807) is 0 Å². The maximum Gasteiger partial charge on any atom is 0.303 e. The average molecular weight is 375 g/mol. The summed E-state index contributed by atoms with van der Waals surface area (Å²) in [5, 5.41) is 0. The van der Waals surface area contributed by atoms with E-state index < -0.39 is 52.8 Å². The zero-order valence-corrected chi connectivity index (χ0v) is 14.6. The third kappa shape index (κ3) is 5.88. The first-order valence-corrected chi connectivity index (χ1v) is 8.91. The monoisotopic (exact) mass is 374 g/mol. The number of methoxy groups -OCH3 is 1. The van der Waals surface area contributed by atoms with Gasteiger partial charge >= 0.3 is 11.9 Å². The molecule has 0 aromatic rings. The van der Waals surface area contributed by atoms with Crippen molar-refractivity contribution >= 4 is 33.7 Å². The van der Waals surface area contributed by atoms with Crippen LogP contribution in [0.1, 0.15) is 13.8 Å². The van der Waals surface area contributed by atoms with Gasteiger partial charge in [0.1, 0.15) is 6.10 Å². The summed E-state index contributed by atoms with van der Waals surface area (Å²) < 4.78 is 48.5. The van der Waals surface area contributed by atoms with Gasteiger partial charge in [-0.15, -0.1) is 11.6 Å². The van der Waals surface area contributed by atoms with E-state index in [0.29, 0.717) is 0 Å². The molecule has 0 spiro atoms. The van der Waals surface area contributed by atoms with Gasteiger partial charge in [0, 0.05) is 21.0 Å². The van der Waals surface area contributed by atoms with Crippen molar-refractivity contribution in [3.63, 3.8) is 0 Å². The number of carbonyl (C=O) groups excluding carboxylic acids is 2. The molecule has 0 aromatic heterocycles. The molecule has 11 heteroatoms. The van der Waals surface area contributed by atoms with Crippen LogP contribution in [0.5, 0.6) is 0 Å². The molecule has 0 amide bonds. The minimum Gasteiger partial charge on any atom is -0.456 e. The molecule has 0 N–H and O–H groups in total. The number of ether oxygens (including phenoxy) is 4. The topological polar surface area (TPSA) is 114 Å². The highest BCUT2D eigenvalue weighted by Crippen LogP contribution is 2.30. The third-order valence-corrected chi connectivity index (χ3v) is 3.74. The molecule has 0 aromatic carbocycles. The van der Waals surface area contributed by atoms with Gasteiger partial charge in [0.15, 0.2) is 24.6 Å². The van der Waals surface area contributed by atoms with E-state index in [2.05, 4.69) is 0 Å². The van der Waals surface area contributed by atoms with Crippen LogP contribution in [0.3, 0.4) is 0 Å². The van der Waals surface area contributed by atoms with Gasteiger partial charge in [0.2, 0.25) is 0 Å². The summed E-state index contributed by atoms with van der Waals surface area (Å²) in [7, 11) is -2.68. The van der Waals surface area contributed by atoms with Crippen molar-refractivity contribution in [2.75, 3.05) is 19.2 Å². The molecule has 134 valence electrons. The first-order valence-electron chi connectivity index (χ1n) is 6.56. The maximum atomic E-state index is 11.5. The van der Waals surface area contributed by atoms with Gasteiger partial charge < -0.3 is 18.9 Å². The summed E-state index contributed by atoms with van der Waals surface area (Å²) in [6, 6.07) is 0. The minimum absolute atomic E-state index is 0.110. The summed E-state index contributed by atoms with van der Waals surface area (Å²) in [6.07, 6.45) is -5.03. The van der Waals surface area contributed by atoms with E-state index in [0.717, 1.165) is 20.1 Å². The highest BCUT2D eigenvalue weighted by atomic mass is 35.5. The Morgan fingerprint density at radius 1 is 1.09 bits per heavy atom. The zero-order chi connectivity index (χ0) is 17.8. The Morgan fingerprint density at radius 3 is 2.00 bits per heavy atom. The Morgan fingerprint density at radius 2 is 1.61 bits per heavy atom. The highest BCUT2D eigenvalue weighted by Gasteiger charge is 2.51. The molecule has 1 rings (SSSR count). The van der Waals surface area contributed by atoms with Crippen molar-refractivity contribution in [2.24, 2.45) is 0 Å². The number of alkyl halides is 1. The van der Waals surface area contributed by atoms with Crippen LogP contribution in [0.4, 0.5) is 0 Å². The lowest BCUT2D eigenvalue weighted by Crippen LogP contribution is -2.62. The molecule has 1 aliphatic rings. The van der Waals surface area contributed by atoms with Crippen LogP contribution in [-0.2, 0) is 42.8 Å². The van der Waals surface area contributed by atoms with Crippen LogP contribution in [0, 0.1) is 0 Å². The molecule has 0 aliphatic carbocycles. The van der Waals surface area contributed by atoms with Gasteiger partial charge in [-0.25, -0.2) is 0 Å². The van der Waals surface area contributed by atoms with E-state index >= 15 is 0 Å². The van der Waals surface area contributed by atoms with E-state index in [9.17, 15) is 18.0 Å². The number of hydrogen-bond donors (Lipinski definition) is 0. The van der Waals surface area contributed by atoms with Crippen molar-refractivity contribution in [3.8, 4) is 0 Å². The van der Waals surface area contributed by atoms with Crippen molar-refractivity contribution in [3.05, 3.63) is 0 Å². The van der Waals surface area contributed by atoms with Crippen molar-refractivity contribution in [2.45, 2.75) is 44.6 Å². The quantitative estimate of drug-likeness (QED) is 0.354. The van der Waals surface area contributed by atoms with Gasteiger partial charge in [-0.05, 0) is 0 Å². The van der Waals surface area contributed by atoms with Crippen molar-refractivity contribution < 1.29 is 41.1 Å². The molecule has 23 heavy (non-hydrogen) atoms. The van der Waals surface area contributed by atoms with Crippen LogP contribution >= 0.6 is 11.6 Å². The molecule has 9 nitrogen and oxygen atoms in total. The first kappa shape index (κ1) is 20.1. The molecule has 1 saturated heterocycles. The minimum atomic E-state index is -3.94. The number of rotatable bonds is 6. The first-order chi connectivity index (χ1) is 10.6. The van der Waals surface area contributed by atoms with Gasteiger partial charge in [0.25, 0.3) is 10.1 Å². The van der Waals surface area contributed by atoms with E-state index in [-0.39, 0.29) is 5.88 Å². The molecular weight excluding hydrogens is 356 g/mol. The number of hydrogen-bond acceptors (Lipinski definition) is 9. The summed E-state index contributed by atoms with van der Waals surface area (Å²) in [5.41, 5.74) is 0. The highest BCUT2D eigenvalue weighted by molar-refractivity contribution is 7.86. The molecule has 1 fully saturated rings. The fourth-order valence-electron chi connectivity index (χ4n) is 2.16. The van der Waals surface area contributed by atoms with Gasteiger partial charge in [-0.2, -0.15) is 8.42 Å². The standard InChI is InChI=1S/C12H19ClO9S/c1-6(14)19-9-8(5-13)21-12(18-3)11(22-23(4,16)17)10(9)20-7(2)15/h8-12H,5H2,1-4H3/t8-,9-,10+,11-,12+/m1/s1.